The van der Waals surface area contributed by atoms with E-state index >= 15 is 0 Å². The number of rotatable bonds is 4. The average molecular weight is 321 g/mol. The van der Waals surface area contributed by atoms with Crippen LogP contribution in [0.25, 0.3) is 11.4 Å². The maximum absolute atomic E-state index is 4.64. The summed E-state index contributed by atoms with van der Waals surface area (Å²) in [6, 6.07) is 8.71. The Morgan fingerprint density at radius 1 is 1.12 bits per heavy atom. The van der Waals surface area contributed by atoms with E-state index in [1.807, 2.05) is 30.2 Å². The summed E-state index contributed by atoms with van der Waals surface area (Å²) >= 11 is 0. The van der Waals surface area contributed by atoms with E-state index in [4.69, 9.17) is 0 Å². The molecule has 1 atom stereocenters. The van der Waals surface area contributed by atoms with Crippen LogP contribution in [0.3, 0.4) is 0 Å². The molecule has 24 heavy (non-hydrogen) atoms. The molecule has 124 valence electrons. The standard InChI is InChI=1S/C19H23N5/c1-14(18-20-10-12-23(18)2)22-16-8-6-15(7-9-16)19-21-13-17-5-3-4-11-24(17)19/h6-10,12-14,22H,3-5,11H2,1-2H3. The van der Waals surface area contributed by atoms with E-state index < -0.39 is 0 Å². The summed E-state index contributed by atoms with van der Waals surface area (Å²) in [6.07, 6.45) is 9.50. The fraction of sp³-hybridized carbons (Fsp3) is 0.368. The van der Waals surface area contributed by atoms with Crippen LogP contribution in [-0.4, -0.2) is 19.1 Å². The van der Waals surface area contributed by atoms with Crippen molar-refractivity contribution in [2.45, 2.75) is 38.8 Å². The molecule has 1 aliphatic heterocycles. The fourth-order valence-electron chi connectivity index (χ4n) is 3.49. The molecule has 4 rings (SSSR count). The lowest BCUT2D eigenvalue weighted by Crippen LogP contribution is -2.12. The number of hydrogen-bond acceptors (Lipinski definition) is 3. The van der Waals surface area contributed by atoms with Crippen LogP contribution in [0.4, 0.5) is 5.69 Å². The molecule has 0 bridgehead atoms. The van der Waals surface area contributed by atoms with Crippen LogP contribution < -0.4 is 5.32 Å². The molecular formula is C19H23N5. The summed E-state index contributed by atoms with van der Waals surface area (Å²) < 4.78 is 4.41. The van der Waals surface area contributed by atoms with E-state index in [-0.39, 0.29) is 6.04 Å². The first-order chi connectivity index (χ1) is 11.7. The zero-order valence-electron chi connectivity index (χ0n) is 14.2. The molecule has 2 aromatic heterocycles. The first-order valence-electron chi connectivity index (χ1n) is 8.61. The Balaban J connectivity index is 1.53. The van der Waals surface area contributed by atoms with Crippen molar-refractivity contribution < 1.29 is 0 Å². The molecule has 0 spiro atoms. The van der Waals surface area contributed by atoms with Crippen LogP contribution in [-0.2, 0) is 20.0 Å². The molecule has 1 unspecified atom stereocenters. The average Bonchev–Trinajstić information content (AvgIpc) is 3.22. The first-order valence-corrected chi connectivity index (χ1v) is 8.61. The Hall–Kier alpha value is -2.56. The summed E-state index contributed by atoms with van der Waals surface area (Å²) in [5, 5.41) is 3.51. The van der Waals surface area contributed by atoms with E-state index in [0.717, 1.165) is 30.3 Å². The highest BCUT2D eigenvalue weighted by molar-refractivity contribution is 5.61. The van der Waals surface area contributed by atoms with Crippen molar-refractivity contribution in [3.8, 4) is 11.4 Å². The van der Waals surface area contributed by atoms with Crippen LogP contribution in [0.15, 0.2) is 42.9 Å². The highest BCUT2D eigenvalue weighted by Crippen LogP contribution is 2.26. The van der Waals surface area contributed by atoms with Crippen LogP contribution in [0.1, 0.15) is 37.3 Å². The monoisotopic (exact) mass is 321 g/mol. The number of imidazole rings is 2. The third kappa shape index (κ3) is 2.70. The normalized spacial score (nSPS) is 15.1. The summed E-state index contributed by atoms with van der Waals surface area (Å²) in [6.45, 7) is 3.21. The van der Waals surface area contributed by atoms with Crippen molar-refractivity contribution in [3.63, 3.8) is 0 Å². The lowest BCUT2D eigenvalue weighted by Gasteiger charge is -2.17. The number of benzene rings is 1. The Morgan fingerprint density at radius 2 is 1.96 bits per heavy atom. The van der Waals surface area contributed by atoms with Gasteiger partial charge in [0.15, 0.2) is 0 Å². The third-order valence-electron chi connectivity index (χ3n) is 4.77. The van der Waals surface area contributed by atoms with Gasteiger partial charge in [-0.05, 0) is 50.5 Å². The lowest BCUT2D eigenvalue weighted by atomic mass is 10.1. The van der Waals surface area contributed by atoms with E-state index in [0.29, 0.717) is 0 Å². The second kappa shape index (κ2) is 6.15. The first kappa shape index (κ1) is 15.0. The Kier molecular flexibility index (Phi) is 3.84. The minimum absolute atomic E-state index is 0.162. The topological polar surface area (TPSA) is 47.7 Å². The van der Waals surface area contributed by atoms with Crippen molar-refractivity contribution in [2.75, 3.05) is 5.32 Å². The van der Waals surface area contributed by atoms with Gasteiger partial charge in [0.25, 0.3) is 0 Å². The smallest absolute Gasteiger partial charge is 0.140 e. The Morgan fingerprint density at radius 3 is 2.71 bits per heavy atom. The molecule has 1 aromatic carbocycles. The Labute approximate surface area is 142 Å². The molecule has 3 heterocycles. The summed E-state index contributed by atoms with van der Waals surface area (Å²) in [5.41, 5.74) is 3.64. The molecule has 0 fully saturated rings. The summed E-state index contributed by atoms with van der Waals surface area (Å²) in [7, 11) is 2.02. The van der Waals surface area contributed by atoms with Crippen LogP contribution >= 0.6 is 0 Å². The maximum Gasteiger partial charge on any atom is 0.140 e. The van der Waals surface area contributed by atoms with E-state index in [1.165, 1.54) is 24.1 Å². The molecule has 1 aliphatic rings. The number of nitrogens with zero attached hydrogens (tertiary/aromatic N) is 4. The van der Waals surface area contributed by atoms with Crippen molar-refractivity contribution in [2.24, 2.45) is 7.05 Å². The summed E-state index contributed by atoms with van der Waals surface area (Å²) in [5.74, 6) is 2.12. The molecule has 5 nitrogen and oxygen atoms in total. The minimum atomic E-state index is 0.162. The van der Waals surface area contributed by atoms with Gasteiger partial charge in [-0.25, -0.2) is 9.97 Å². The molecule has 3 aromatic rings. The highest BCUT2D eigenvalue weighted by Gasteiger charge is 2.15. The molecule has 0 saturated carbocycles. The van der Waals surface area contributed by atoms with Crippen LogP contribution in [0.5, 0.6) is 0 Å². The van der Waals surface area contributed by atoms with Gasteiger partial charge >= 0.3 is 0 Å². The van der Waals surface area contributed by atoms with Crippen molar-refractivity contribution in [1.82, 2.24) is 19.1 Å². The highest BCUT2D eigenvalue weighted by atomic mass is 15.1. The Bertz CT molecular complexity index is 828. The van der Waals surface area contributed by atoms with Crippen LogP contribution in [0.2, 0.25) is 0 Å². The zero-order valence-corrected chi connectivity index (χ0v) is 14.2. The van der Waals surface area contributed by atoms with Gasteiger partial charge in [-0.3, -0.25) is 0 Å². The fourth-order valence-corrected chi connectivity index (χ4v) is 3.49. The molecule has 0 amide bonds. The third-order valence-corrected chi connectivity index (χ3v) is 4.77. The largest absolute Gasteiger partial charge is 0.375 e. The quantitative estimate of drug-likeness (QED) is 0.795. The zero-order chi connectivity index (χ0) is 16.5. The molecule has 0 radical (unpaired) electrons. The lowest BCUT2D eigenvalue weighted by molar-refractivity contribution is 0.536. The van der Waals surface area contributed by atoms with Gasteiger partial charge in [0, 0.05) is 49.1 Å². The number of anilines is 1. The number of nitrogens with one attached hydrogen (secondary N) is 1. The van der Waals surface area contributed by atoms with Gasteiger partial charge in [0.1, 0.15) is 11.6 Å². The minimum Gasteiger partial charge on any atom is -0.375 e. The van der Waals surface area contributed by atoms with Gasteiger partial charge in [-0.15, -0.1) is 0 Å². The van der Waals surface area contributed by atoms with Crippen LogP contribution in [0, 0.1) is 0 Å². The van der Waals surface area contributed by atoms with E-state index in [9.17, 15) is 0 Å². The second-order valence-corrected chi connectivity index (χ2v) is 6.52. The molecule has 0 aliphatic carbocycles. The van der Waals surface area contributed by atoms with Crippen molar-refractivity contribution in [1.29, 1.82) is 0 Å². The molecular weight excluding hydrogens is 298 g/mol. The summed E-state index contributed by atoms with van der Waals surface area (Å²) in [4.78, 5) is 9.05. The predicted molar refractivity (Wildman–Crippen MR) is 95.8 cm³/mol. The van der Waals surface area contributed by atoms with Crippen molar-refractivity contribution >= 4 is 5.69 Å². The predicted octanol–water partition coefficient (Wildman–Crippen LogP) is 3.79. The van der Waals surface area contributed by atoms with Gasteiger partial charge in [-0.1, -0.05) is 0 Å². The number of fused-ring (bicyclic) bond motifs is 1. The van der Waals surface area contributed by atoms with Gasteiger partial charge in [0.05, 0.1) is 6.04 Å². The maximum atomic E-state index is 4.64. The van der Waals surface area contributed by atoms with E-state index in [2.05, 4.69) is 51.0 Å². The molecule has 0 saturated heterocycles. The van der Waals surface area contributed by atoms with Gasteiger partial charge < -0.3 is 14.5 Å². The van der Waals surface area contributed by atoms with Crippen molar-refractivity contribution in [3.05, 3.63) is 54.4 Å². The number of aryl methyl sites for hydroxylation is 2. The van der Waals surface area contributed by atoms with Gasteiger partial charge in [0.2, 0.25) is 0 Å². The van der Waals surface area contributed by atoms with E-state index in [1.54, 1.807) is 0 Å². The number of aromatic nitrogens is 4. The van der Waals surface area contributed by atoms with Gasteiger partial charge in [-0.2, -0.15) is 0 Å². The molecule has 1 N–H and O–H groups in total. The SMILES string of the molecule is CC(Nc1ccc(-c2ncc3n2CCCC3)cc1)c1nccn1C. The molecule has 5 heteroatoms. The number of hydrogen-bond donors (Lipinski definition) is 1. The second-order valence-electron chi connectivity index (χ2n) is 6.52.